The molecule has 2 N–H and O–H groups in total. The fourth-order valence-electron chi connectivity index (χ4n) is 3.94. The van der Waals surface area contributed by atoms with Crippen molar-refractivity contribution in [2.45, 2.75) is 23.8 Å². The molecule has 0 bridgehead atoms. The Bertz CT molecular complexity index is 1350. The Morgan fingerprint density at radius 2 is 2.07 bits per heavy atom. The van der Waals surface area contributed by atoms with Gasteiger partial charge in [0.1, 0.15) is 23.2 Å². The molecule has 1 saturated heterocycles. The van der Waals surface area contributed by atoms with Crippen LogP contribution in [0.25, 0.3) is 22.0 Å². The van der Waals surface area contributed by atoms with Crippen molar-refractivity contribution in [2.24, 2.45) is 0 Å². The Kier molecular flexibility index (Phi) is 3.77. The van der Waals surface area contributed by atoms with Gasteiger partial charge in [0, 0.05) is 12.1 Å². The zero-order valence-corrected chi connectivity index (χ0v) is 15.8. The predicted octanol–water partition coefficient (Wildman–Crippen LogP) is 1.93. The number of nitrogens with one attached hydrogen (secondary N) is 1. The summed E-state index contributed by atoms with van der Waals surface area (Å²) in [6.45, 7) is 0.150. The first-order valence-electron chi connectivity index (χ1n) is 8.96. The van der Waals surface area contributed by atoms with Gasteiger partial charge in [-0.1, -0.05) is 6.07 Å². The van der Waals surface area contributed by atoms with Gasteiger partial charge in [0.05, 0.1) is 15.7 Å². The molecule has 0 aliphatic carbocycles. The number of carbonyl (C=O) groups is 1. The molecule has 0 saturated carbocycles. The molecular formula is C19H15N3O6S. The van der Waals surface area contributed by atoms with E-state index in [1.54, 1.807) is 18.2 Å². The molecule has 10 heteroatoms. The van der Waals surface area contributed by atoms with E-state index < -0.39 is 22.0 Å². The summed E-state index contributed by atoms with van der Waals surface area (Å²) in [7, 11) is -4.02. The molecule has 3 heterocycles. The summed E-state index contributed by atoms with van der Waals surface area (Å²) in [5, 5.41) is 16.8. The minimum atomic E-state index is -4.02. The van der Waals surface area contributed by atoms with Crippen LogP contribution in [0.2, 0.25) is 0 Å². The number of aromatic nitrogens is 2. The Labute approximate surface area is 164 Å². The zero-order valence-electron chi connectivity index (χ0n) is 15.0. The number of benzene rings is 2. The number of H-pyrrole nitrogens is 1. The standard InChI is InChI=1S/C19H15N3O6S/c23-18-11-3-1-5-15-16(11)17(20-21-18)12-9-10(6-7-14(12)28-15)29(26,27)22-8-2-4-13(22)19(24)25/h1,3,5-7,9,13H,2,4,8H2,(H,21,23)(H,24,25). The van der Waals surface area contributed by atoms with Gasteiger partial charge in [0.25, 0.3) is 5.56 Å². The highest BCUT2D eigenvalue weighted by atomic mass is 32.2. The molecule has 2 aliphatic heterocycles. The summed E-state index contributed by atoms with van der Waals surface area (Å²) >= 11 is 0. The first kappa shape index (κ1) is 17.8. The van der Waals surface area contributed by atoms with Crippen LogP contribution < -0.4 is 10.3 Å². The molecule has 0 spiro atoms. The third-order valence-electron chi connectivity index (χ3n) is 5.30. The molecule has 29 heavy (non-hydrogen) atoms. The van der Waals surface area contributed by atoms with Crippen molar-refractivity contribution in [1.82, 2.24) is 14.5 Å². The van der Waals surface area contributed by atoms with Crippen molar-refractivity contribution in [3.63, 3.8) is 0 Å². The van der Waals surface area contributed by atoms with E-state index >= 15 is 0 Å². The summed E-state index contributed by atoms with van der Waals surface area (Å²) in [6, 6.07) is 8.29. The van der Waals surface area contributed by atoms with E-state index in [4.69, 9.17) is 4.74 Å². The van der Waals surface area contributed by atoms with Crippen molar-refractivity contribution in [1.29, 1.82) is 0 Å². The van der Waals surface area contributed by atoms with E-state index in [1.165, 1.54) is 18.2 Å². The van der Waals surface area contributed by atoms with Gasteiger partial charge in [-0.25, -0.2) is 13.5 Å². The number of fused-ring (bicyclic) bond motifs is 2. The van der Waals surface area contributed by atoms with E-state index in [2.05, 4.69) is 10.2 Å². The molecule has 1 atom stereocenters. The number of ether oxygens (including phenoxy) is 1. The SMILES string of the molecule is O=C(O)C1CCCN1S(=O)(=O)c1ccc2c(c1)-c1n[nH]c(=O)c3cccc(c13)O2. The van der Waals surface area contributed by atoms with Gasteiger partial charge in [0.2, 0.25) is 10.0 Å². The molecule has 148 valence electrons. The summed E-state index contributed by atoms with van der Waals surface area (Å²) in [6.07, 6.45) is 0.762. The Morgan fingerprint density at radius 1 is 1.24 bits per heavy atom. The maximum Gasteiger partial charge on any atom is 0.322 e. The van der Waals surface area contributed by atoms with Crippen LogP contribution in [0.5, 0.6) is 11.5 Å². The third-order valence-corrected chi connectivity index (χ3v) is 7.20. The minimum Gasteiger partial charge on any atom is -0.480 e. The number of carboxylic acid groups (broad SMARTS) is 1. The monoisotopic (exact) mass is 413 g/mol. The summed E-state index contributed by atoms with van der Waals surface area (Å²) in [4.78, 5) is 23.5. The van der Waals surface area contributed by atoms with Crippen LogP contribution in [0, 0.1) is 0 Å². The molecule has 1 fully saturated rings. The molecule has 5 rings (SSSR count). The average molecular weight is 413 g/mol. The van der Waals surface area contributed by atoms with Crippen molar-refractivity contribution in [3.8, 4) is 22.8 Å². The zero-order chi connectivity index (χ0) is 20.3. The molecule has 0 radical (unpaired) electrons. The van der Waals surface area contributed by atoms with Crippen molar-refractivity contribution < 1.29 is 23.1 Å². The van der Waals surface area contributed by atoms with Gasteiger partial charge in [-0.3, -0.25) is 9.59 Å². The van der Waals surface area contributed by atoms with Gasteiger partial charge < -0.3 is 9.84 Å². The number of rotatable bonds is 3. The second kappa shape index (κ2) is 6.13. The quantitative estimate of drug-likeness (QED) is 0.525. The summed E-state index contributed by atoms with van der Waals surface area (Å²) in [5.74, 6) is -0.297. The fourth-order valence-corrected chi connectivity index (χ4v) is 5.62. The fraction of sp³-hybridized carbons (Fsp3) is 0.211. The van der Waals surface area contributed by atoms with Gasteiger partial charge in [-0.15, -0.1) is 0 Å². The van der Waals surface area contributed by atoms with Crippen LogP contribution >= 0.6 is 0 Å². The third kappa shape index (κ3) is 2.56. The average Bonchev–Trinajstić information content (AvgIpc) is 3.21. The second-order valence-electron chi connectivity index (χ2n) is 6.95. The van der Waals surface area contributed by atoms with Crippen LogP contribution in [0.3, 0.4) is 0 Å². The lowest BCUT2D eigenvalue weighted by Crippen LogP contribution is -2.40. The maximum absolute atomic E-state index is 13.1. The van der Waals surface area contributed by atoms with Crippen LogP contribution in [0.15, 0.2) is 46.1 Å². The molecule has 3 aromatic rings. The van der Waals surface area contributed by atoms with E-state index in [9.17, 15) is 23.1 Å². The smallest absolute Gasteiger partial charge is 0.322 e. The molecule has 1 unspecified atom stereocenters. The number of sulfonamides is 1. The molecule has 2 aromatic carbocycles. The molecular weight excluding hydrogens is 398 g/mol. The number of nitrogens with zero attached hydrogens (tertiary/aromatic N) is 2. The molecule has 1 aromatic heterocycles. The lowest BCUT2D eigenvalue weighted by molar-refractivity contribution is -0.140. The minimum absolute atomic E-state index is 0.0477. The second-order valence-corrected chi connectivity index (χ2v) is 8.84. The van der Waals surface area contributed by atoms with Crippen molar-refractivity contribution in [3.05, 3.63) is 46.8 Å². The first-order valence-corrected chi connectivity index (χ1v) is 10.4. The van der Waals surface area contributed by atoms with Gasteiger partial charge >= 0.3 is 5.97 Å². The Balaban J connectivity index is 1.69. The predicted molar refractivity (Wildman–Crippen MR) is 102 cm³/mol. The number of carboxylic acids is 1. The number of aliphatic carboxylic acids is 1. The van der Waals surface area contributed by atoms with E-state index in [-0.39, 0.29) is 23.4 Å². The van der Waals surface area contributed by atoms with E-state index in [0.717, 1.165) is 4.31 Å². The highest BCUT2D eigenvalue weighted by Crippen LogP contribution is 2.45. The summed E-state index contributed by atoms with van der Waals surface area (Å²) in [5.41, 5.74) is 0.449. The van der Waals surface area contributed by atoms with Crippen LogP contribution in [0.4, 0.5) is 0 Å². The molecule has 0 amide bonds. The number of hydrogen-bond donors (Lipinski definition) is 2. The van der Waals surface area contributed by atoms with Crippen LogP contribution in [-0.4, -0.2) is 46.6 Å². The maximum atomic E-state index is 13.1. The topological polar surface area (TPSA) is 130 Å². The summed E-state index contributed by atoms with van der Waals surface area (Å²) < 4.78 is 33.1. The molecule has 2 aliphatic rings. The van der Waals surface area contributed by atoms with Gasteiger partial charge in [-0.05, 0) is 43.2 Å². The highest BCUT2D eigenvalue weighted by molar-refractivity contribution is 7.89. The van der Waals surface area contributed by atoms with Crippen LogP contribution in [-0.2, 0) is 14.8 Å². The van der Waals surface area contributed by atoms with Gasteiger partial charge in [-0.2, -0.15) is 9.40 Å². The van der Waals surface area contributed by atoms with Crippen molar-refractivity contribution >= 4 is 26.8 Å². The Morgan fingerprint density at radius 3 is 2.86 bits per heavy atom. The van der Waals surface area contributed by atoms with Crippen LogP contribution in [0.1, 0.15) is 12.8 Å². The molecule has 9 nitrogen and oxygen atoms in total. The first-order chi connectivity index (χ1) is 13.9. The largest absolute Gasteiger partial charge is 0.480 e. The number of aromatic amines is 1. The van der Waals surface area contributed by atoms with E-state index in [1.807, 2.05) is 0 Å². The highest BCUT2D eigenvalue weighted by Gasteiger charge is 2.40. The number of hydrogen-bond acceptors (Lipinski definition) is 6. The van der Waals surface area contributed by atoms with Gasteiger partial charge in [0.15, 0.2) is 0 Å². The van der Waals surface area contributed by atoms with Crippen molar-refractivity contribution in [2.75, 3.05) is 6.54 Å². The Hall–Kier alpha value is -3.24. The lowest BCUT2D eigenvalue weighted by Gasteiger charge is -2.23. The lowest BCUT2D eigenvalue weighted by atomic mass is 10.0. The van der Waals surface area contributed by atoms with E-state index in [0.29, 0.717) is 39.9 Å². The normalized spacial score (nSPS) is 18.4.